The molecule has 0 atom stereocenters. The van der Waals surface area contributed by atoms with Gasteiger partial charge in [0.15, 0.2) is 5.96 Å². The summed E-state index contributed by atoms with van der Waals surface area (Å²) in [5, 5.41) is 6.80. The Balaban J connectivity index is 0.00000576. The number of aliphatic imine (C=N–C) groups is 1. The Labute approximate surface area is 171 Å². The Kier molecular flexibility index (Phi) is 10.3. The smallest absolute Gasteiger partial charge is 0.230 e. The lowest BCUT2D eigenvalue weighted by atomic mass is 9.84. The van der Waals surface area contributed by atoms with Gasteiger partial charge in [-0.1, -0.05) is 26.7 Å². The summed E-state index contributed by atoms with van der Waals surface area (Å²) in [5.41, 5.74) is -0.133. The van der Waals surface area contributed by atoms with Crippen LogP contribution in [-0.4, -0.2) is 76.5 Å². The van der Waals surface area contributed by atoms with Crippen LogP contribution in [0.25, 0.3) is 0 Å². The summed E-state index contributed by atoms with van der Waals surface area (Å²) in [5.74, 6) is 1.01. The molecule has 0 spiro atoms. The van der Waals surface area contributed by atoms with Gasteiger partial charge in [0.05, 0.1) is 5.41 Å². The Hall–Kier alpha value is -0.570. The molecule has 1 aliphatic rings. The Morgan fingerprint density at radius 2 is 1.68 bits per heavy atom. The molecule has 148 valence electrons. The van der Waals surface area contributed by atoms with Crippen molar-refractivity contribution in [2.45, 2.75) is 39.5 Å². The van der Waals surface area contributed by atoms with E-state index in [-0.39, 0.29) is 40.7 Å². The maximum atomic E-state index is 12.6. The minimum atomic E-state index is -0.278. The standard InChI is InChI=1S/C18H37N5O.HI/c1-17(2,14-22(4)5)12-20-16(19-3)21-13-18(10-8-9-11-18)15(24)23(6)7;/h8-14H2,1-7H3,(H2,19,20,21);1H. The molecular weight excluding hydrogens is 429 g/mol. The molecule has 1 saturated carbocycles. The molecule has 1 amide bonds. The molecule has 0 radical (unpaired) electrons. The van der Waals surface area contributed by atoms with Crippen molar-refractivity contribution in [3.63, 3.8) is 0 Å². The van der Waals surface area contributed by atoms with Crippen molar-refractivity contribution in [3.05, 3.63) is 0 Å². The molecule has 1 fully saturated rings. The third kappa shape index (κ3) is 7.68. The zero-order valence-corrected chi connectivity index (χ0v) is 19.4. The van der Waals surface area contributed by atoms with E-state index in [9.17, 15) is 4.79 Å². The molecule has 0 aromatic rings. The number of halogens is 1. The zero-order valence-electron chi connectivity index (χ0n) is 17.1. The lowest BCUT2D eigenvalue weighted by Crippen LogP contribution is -2.50. The second-order valence-electron chi connectivity index (χ2n) is 8.37. The summed E-state index contributed by atoms with van der Waals surface area (Å²) in [4.78, 5) is 20.9. The largest absolute Gasteiger partial charge is 0.356 e. The van der Waals surface area contributed by atoms with Gasteiger partial charge >= 0.3 is 0 Å². The van der Waals surface area contributed by atoms with E-state index in [1.54, 1.807) is 11.9 Å². The highest BCUT2D eigenvalue weighted by Crippen LogP contribution is 2.38. The van der Waals surface area contributed by atoms with Crippen LogP contribution in [-0.2, 0) is 4.79 Å². The molecular formula is C18H38IN5O. The number of carbonyl (C=O) groups is 1. The van der Waals surface area contributed by atoms with Crippen LogP contribution in [0.4, 0.5) is 0 Å². The summed E-state index contributed by atoms with van der Waals surface area (Å²) in [7, 11) is 9.65. The van der Waals surface area contributed by atoms with Crippen LogP contribution in [0.5, 0.6) is 0 Å². The van der Waals surface area contributed by atoms with Gasteiger partial charge in [-0.3, -0.25) is 9.79 Å². The van der Waals surface area contributed by atoms with Crippen LogP contribution >= 0.6 is 24.0 Å². The zero-order chi connectivity index (χ0) is 18.4. The number of hydrogen-bond donors (Lipinski definition) is 2. The lowest BCUT2D eigenvalue weighted by molar-refractivity contribution is -0.138. The van der Waals surface area contributed by atoms with E-state index in [2.05, 4.69) is 48.5 Å². The quantitative estimate of drug-likeness (QED) is 0.342. The summed E-state index contributed by atoms with van der Waals surface area (Å²) in [6, 6.07) is 0. The average molecular weight is 467 g/mol. The highest BCUT2D eigenvalue weighted by atomic mass is 127. The minimum Gasteiger partial charge on any atom is -0.356 e. The van der Waals surface area contributed by atoms with E-state index in [0.29, 0.717) is 6.54 Å². The van der Waals surface area contributed by atoms with Gasteiger partial charge in [0.1, 0.15) is 0 Å². The molecule has 2 N–H and O–H groups in total. The number of hydrogen-bond acceptors (Lipinski definition) is 3. The summed E-state index contributed by atoms with van der Waals surface area (Å²) < 4.78 is 0. The molecule has 0 heterocycles. The molecule has 0 unspecified atom stereocenters. The van der Waals surface area contributed by atoms with E-state index in [0.717, 1.165) is 44.7 Å². The van der Waals surface area contributed by atoms with Crippen LogP contribution in [0, 0.1) is 10.8 Å². The van der Waals surface area contributed by atoms with Crippen molar-refractivity contribution in [3.8, 4) is 0 Å². The number of amides is 1. The summed E-state index contributed by atoms with van der Waals surface area (Å²) >= 11 is 0. The number of carbonyl (C=O) groups excluding carboxylic acids is 1. The van der Waals surface area contributed by atoms with Crippen LogP contribution < -0.4 is 10.6 Å². The molecule has 1 aliphatic carbocycles. The Bertz CT molecular complexity index is 443. The molecule has 1 rings (SSSR count). The first kappa shape index (κ1) is 24.4. The summed E-state index contributed by atoms with van der Waals surface area (Å²) in [6.07, 6.45) is 4.17. The molecule has 6 nitrogen and oxygen atoms in total. The molecule has 0 bridgehead atoms. The van der Waals surface area contributed by atoms with Crippen molar-refractivity contribution in [2.75, 3.05) is 54.9 Å². The molecule has 25 heavy (non-hydrogen) atoms. The topological polar surface area (TPSA) is 60.0 Å². The number of nitrogens with zero attached hydrogens (tertiary/aromatic N) is 3. The van der Waals surface area contributed by atoms with E-state index < -0.39 is 0 Å². The Morgan fingerprint density at radius 3 is 2.12 bits per heavy atom. The van der Waals surface area contributed by atoms with Crippen molar-refractivity contribution in [1.82, 2.24) is 20.4 Å². The Morgan fingerprint density at radius 1 is 1.12 bits per heavy atom. The van der Waals surface area contributed by atoms with Gasteiger partial charge < -0.3 is 20.4 Å². The van der Waals surface area contributed by atoms with Gasteiger partial charge in [-0.15, -0.1) is 24.0 Å². The average Bonchev–Trinajstić information content (AvgIpc) is 2.95. The van der Waals surface area contributed by atoms with E-state index in [4.69, 9.17) is 0 Å². The molecule has 0 aromatic carbocycles. The first-order chi connectivity index (χ1) is 11.1. The van der Waals surface area contributed by atoms with Crippen molar-refractivity contribution < 1.29 is 4.79 Å². The minimum absolute atomic E-state index is 0. The number of nitrogens with one attached hydrogen (secondary N) is 2. The van der Waals surface area contributed by atoms with E-state index in [1.807, 2.05) is 14.1 Å². The molecule has 0 saturated heterocycles. The van der Waals surface area contributed by atoms with Gasteiger partial charge in [0, 0.05) is 40.8 Å². The van der Waals surface area contributed by atoms with Gasteiger partial charge in [-0.25, -0.2) is 0 Å². The predicted octanol–water partition coefficient (Wildman–Crippen LogP) is 2.01. The van der Waals surface area contributed by atoms with Gasteiger partial charge in [-0.05, 0) is 32.4 Å². The van der Waals surface area contributed by atoms with E-state index >= 15 is 0 Å². The molecule has 7 heteroatoms. The van der Waals surface area contributed by atoms with Crippen molar-refractivity contribution >= 4 is 35.8 Å². The number of guanidine groups is 1. The predicted molar refractivity (Wildman–Crippen MR) is 117 cm³/mol. The molecule has 0 aromatic heterocycles. The fourth-order valence-electron chi connectivity index (χ4n) is 3.70. The SMILES string of the molecule is CN=C(NCC(C)(C)CN(C)C)NCC1(C(=O)N(C)C)CCCC1.I. The van der Waals surface area contributed by atoms with Crippen LogP contribution in [0.3, 0.4) is 0 Å². The normalized spacial score (nSPS) is 17.2. The summed E-state index contributed by atoms with van der Waals surface area (Å²) in [6.45, 7) is 6.96. The second-order valence-corrected chi connectivity index (χ2v) is 8.37. The number of rotatable bonds is 7. The van der Waals surface area contributed by atoms with E-state index in [1.165, 1.54) is 0 Å². The van der Waals surface area contributed by atoms with Crippen molar-refractivity contribution in [1.29, 1.82) is 0 Å². The van der Waals surface area contributed by atoms with Crippen LogP contribution in [0.1, 0.15) is 39.5 Å². The van der Waals surface area contributed by atoms with Crippen LogP contribution in [0.15, 0.2) is 4.99 Å². The first-order valence-corrected chi connectivity index (χ1v) is 8.93. The third-order valence-corrected chi connectivity index (χ3v) is 4.72. The highest BCUT2D eigenvalue weighted by molar-refractivity contribution is 14.0. The monoisotopic (exact) mass is 467 g/mol. The van der Waals surface area contributed by atoms with Gasteiger partial charge in [0.25, 0.3) is 0 Å². The fourth-order valence-corrected chi connectivity index (χ4v) is 3.70. The van der Waals surface area contributed by atoms with Crippen molar-refractivity contribution in [2.24, 2.45) is 15.8 Å². The van der Waals surface area contributed by atoms with Gasteiger partial charge in [-0.2, -0.15) is 0 Å². The second kappa shape index (κ2) is 10.5. The fraction of sp³-hybridized carbons (Fsp3) is 0.889. The maximum absolute atomic E-state index is 12.6. The maximum Gasteiger partial charge on any atom is 0.230 e. The third-order valence-electron chi connectivity index (χ3n) is 4.72. The van der Waals surface area contributed by atoms with Gasteiger partial charge in [0.2, 0.25) is 5.91 Å². The highest BCUT2D eigenvalue weighted by Gasteiger charge is 2.42. The van der Waals surface area contributed by atoms with Crippen LogP contribution in [0.2, 0.25) is 0 Å². The first-order valence-electron chi connectivity index (χ1n) is 8.93. The molecule has 0 aliphatic heterocycles. The lowest BCUT2D eigenvalue weighted by Gasteiger charge is -2.32.